The third kappa shape index (κ3) is 4.88. The predicted octanol–water partition coefficient (Wildman–Crippen LogP) is 2.71. The minimum Gasteiger partial charge on any atom is -0.490 e. The van der Waals surface area contributed by atoms with Crippen molar-refractivity contribution in [3.63, 3.8) is 0 Å². The van der Waals surface area contributed by atoms with E-state index in [-0.39, 0.29) is 6.10 Å². The van der Waals surface area contributed by atoms with Gasteiger partial charge >= 0.3 is 0 Å². The fourth-order valence-electron chi connectivity index (χ4n) is 3.06. The topological polar surface area (TPSA) is 59.0 Å². The first kappa shape index (κ1) is 18.0. The largest absolute Gasteiger partial charge is 0.490 e. The van der Waals surface area contributed by atoms with Crippen LogP contribution in [0.4, 0.5) is 0 Å². The molecule has 1 aliphatic heterocycles. The number of hydrogen-bond donors (Lipinski definition) is 1. The number of aliphatic imine (C=N–C) groups is 1. The number of methoxy groups -OCH3 is 1. The van der Waals surface area contributed by atoms with E-state index in [4.69, 9.17) is 9.47 Å². The van der Waals surface area contributed by atoms with Crippen LogP contribution in [0.25, 0.3) is 0 Å². The molecule has 1 saturated heterocycles. The third-order valence-electron chi connectivity index (χ3n) is 4.46. The molecule has 6 nitrogen and oxygen atoms in total. The number of guanidine groups is 1. The van der Waals surface area contributed by atoms with Crippen LogP contribution in [-0.2, 0) is 6.54 Å². The van der Waals surface area contributed by atoms with E-state index in [0.717, 1.165) is 43.2 Å². The maximum Gasteiger partial charge on any atom is 0.213 e. The average molecular weight is 354 g/mol. The summed E-state index contributed by atoms with van der Waals surface area (Å²) in [5.74, 6) is 2.48. The molecule has 1 aromatic heterocycles. The number of piperidine rings is 1. The quantitative estimate of drug-likeness (QED) is 0.661. The highest BCUT2D eigenvalue weighted by atomic mass is 16.5. The minimum atomic E-state index is 0.260. The van der Waals surface area contributed by atoms with Crippen LogP contribution in [0.15, 0.2) is 53.7 Å². The molecule has 0 unspecified atom stereocenters. The lowest BCUT2D eigenvalue weighted by Crippen LogP contribution is -2.47. The van der Waals surface area contributed by atoms with E-state index >= 15 is 0 Å². The number of rotatable bonds is 5. The lowest BCUT2D eigenvalue weighted by molar-refractivity contribution is 0.129. The molecule has 3 rings (SSSR count). The molecule has 1 aliphatic rings. The summed E-state index contributed by atoms with van der Waals surface area (Å²) in [6.07, 6.45) is 3.98. The molecule has 1 N–H and O–H groups in total. The van der Waals surface area contributed by atoms with Crippen molar-refractivity contribution in [1.29, 1.82) is 0 Å². The minimum absolute atomic E-state index is 0.260. The summed E-state index contributed by atoms with van der Waals surface area (Å²) in [4.78, 5) is 10.8. The van der Waals surface area contributed by atoms with Gasteiger partial charge in [-0.2, -0.15) is 0 Å². The molecule has 0 amide bonds. The van der Waals surface area contributed by atoms with Gasteiger partial charge in [-0.15, -0.1) is 0 Å². The molecule has 0 spiro atoms. The number of nitrogens with one attached hydrogen (secondary N) is 1. The van der Waals surface area contributed by atoms with Crippen LogP contribution in [0.2, 0.25) is 0 Å². The molecule has 0 saturated carbocycles. The normalized spacial score (nSPS) is 15.6. The number of benzene rings is 1. The Labute approximate surface area is 154 Å². The van der Waals surface area contributed by atoms with E-state index in [9.17, 15) is 0 Å². The van der Waals surface area contributed by atoms with Gasteiger partial charge in [-0.25, -0.2) is 4.98 Å². The Bertz CT molecular complexity index is 713. The van der Waals surface area contributed by atoms with E-state index in [1.807, 2.05) is 49.5 Å². The average Bonchev–Trinajstić information content (AvgIpc) is 2.70. The van der Waals surface area contributed by atoms with Crippen LogP contribution >= 0.6 is 0 Å². The Balaban J connectivity index is 1.49. The Hall–Kier alpha value is -2.76. The number of pyridine rings is 1. The molecule has 2 aromatic rings. The van der Waals surface area contributed by atoms with Crippen molar-refractivity contribution in [2.45, 2.75) is 25.5 Å². The van der Waals surface area contributed by atoms with Crippen LogP contribution in [0.3, 0.4) is 0 Å². The second-order valence-corrected chi connectivity index (χ2v) is 6.22. The van der Waals surface area contributed by atoms with Crippen molar-refractivity contribution in [2.24, 2.45) is 4.99 Å². The summed E-state index contributed by atoms with van der Waals surface area (Å²) in [7, 11) is 3.45. The molecular formula is C20H26N4O2. The van der Waals surface area contributed by atoms with Gasteiger partial charge in [0.2, 0.25) is 5.88 Å². The zero-order chi connectivity index (χ0) is 18.2. The fraction of sp³-hybridized carbons (Fsp3) is 0.400. The molecule has 2 heterocycles. The Morgan fingerprint density at radius 2 is 2.00 bits per heavy atom. The van der Waals surface area contributed by atoms with Crippen molar-refractivity contribution in [3.05, 3.63) is 54.2 Å². The Morgan fingerprint density at radius 1 is 1.23 bits per heavy atom. The van der Waals surface area contributed by atoms with Gasteiger partial charge in [-0.05, 0) is 23.8 Å². The van der Waals surface area contributed by atoms with Gasteiger partial charge in [0.25, 0.3) is 0 Å². The molecule has 138 valence electrons. The van der Waals surface area contributed by atoms with Gasteiger partial charge in [-0.3, -0.25) is 4.99 Å². The predicted molar refractivity (Wildman–Crippen MR) is 103 cm³/mol. The maximum absolute atomic E-state index is 6.06. The zero-order valence-electron chi connectivity index (χ0n) is 15.4. The molecular weight excluding hydrogens is 328 g/mol. The number of hydrogen-bond acceptors (Lipinski definition) is 4. The monoisotopic (exact) mass is 354 g/mol. The molecule has 1 aromatic carbocycles. The van der Waals surface area contributed by atoms with Crippen LogP contribution < -0.4 is 14.8 Å². The number of likely N-dealkylation sites (tertiary alicyclic amines) is 1. The molecule has 0 atom stereocenters. The molecule has 6 heteroatoms. The highest BCUT2D eigenvalue weighted by Crippen LogP contribution is 2.18. The summed E-state index contributed by atoms with van der Waals surface area (Å²) in [6, 6.07) is 13.9. The first-order valence-corrected chi connectivity index (χ1v) is 8.94. The number of ether oxygens (including phenoxy) is 2. The third-order valence-corrected chi connectivity index (χ3v) is 4.46. The highest BCUT2D eigenvalue weighted by molar-refractivity contribution is 5.80. The molecule has 0 bridgehead atoms. The van der Waals surface area contributed by atoms with Gasteiger partial charge in [-0.1, -0.05) is 18.2 Å². The fourth-order valence-corrected chi connectivity index (χ4v) is 3.06. The Kier molecular flexibility index (Phi) is 6.30. The first-order chi connectivity index (χ1) is 12.8. The summed E-state index contributed by atoms with van der Waals surface area (Å²) in [6.45, 7) is 2.54. The van der Waals surface area contributed by atoms with Crippen molar-refractivity contribution in [1.82, 2.24) is 15.2 Å². The number of aromatic nitrogens is 1. The van der Waals surface area contributed by atoms with Gasteiger partial charge in [0.05, 0.1) is 7.11 Å². The van der Waals surface area contributed by atoms with E-state index in [1.54, 1.807) is 13.3 Å². The van der Waals surface area contributed by atoms with Crippen LogP contribution in [0.5, 0.6) is 11.6 Å². The zero-order valence-corrected chi connectivity index (χ0v) is 15.4. The molecule has 0 radical (unpaired) electrons. The second kappa shape index (κ2) is 9.08. The maximum atomic E-state index is 6.06. The Morgan fingerprint density at radius 3 is 2.69 bits per heavy atom. The standard InChI is InChI=1S/C20H26N4O2/c1-21-20(23-15-16-8-11-22-19(14-16)25-2)24-12-9-18(10-13-24)26-17-6-4-3-5-7-17/h3-8,11,14,18H,9-10,12-13,15H2,1-2H3,(H,21,23). The van der Waals surface area contributed by atoms with E-state index in [2.05, 4.69) is 20.2 Å². The molecule has 1 fully saturated rings. The summed E-state index contributed by atoms with van der Waals surface area (Å²) in [5.41, 5.74) is 1.11. The van der Waals surface area contributed by atoms with Crippen molar-refractivity contribution < 1.29 is 9.47 Å². The van der Waals surface area contributed by atoms with Crippen LogP contribution in [0.1, 0.15) is 18.4 Å². The summed E-state index contributed by atoms with van der Waals surface area (Å²) < 4.78 is 11.2. The van der Waals surface area contributed by atoms with Crippen molar-refractivity contribution in [3.8, 4) is 11.6 Å². The molecule has 26 heavy (non-hydrogen) atoms. The SMILES string of the molecule is CN=C(NCc1ccnc(OC)c1)N1CCC(Oc2ccccc2)CC1. The van der Waals surface area contributed by atoms with Crippen LogP contribution in [-0.4, -0.2) is 49.2 Å². The van der Waals surface area contributed by atoms with Gasteiger partial charge in [0, 0.05) is 51.8 Å². The highest BCUT2D eigenvalue weighted by Gasteiger charge is 2.22. The van der Waals surface area contributed by atoms with E-state index < -0.39 is 0 Å². The van der Waals surface area contributed by atoms with Crippen LogP contribution in [0, 0.1) is 0 Å². The lowest BCUT2D eigenvalue weighted by atomic mass is 10.1. The molecule has 0 aliphatic carbocycles. The van der Waals surface area contributed by atoms with E-state index in [1.165, 1.54) is 0 Å². The second-order valence-electron chi connectivity index (χ2n) is 6.22. The number of nitrogens with zero attached hydrogens (tertiary/aromatic N) is 3. The summed E-state index contributed by atoms with van der Waals surface area (Å²) in [5, 5.41) is 3.42. The van der Waals surface area contributed by atoms with Gasteiger partial charge < -0.3 is 19.7 Å². The van der Waals surface area contributed by atoms with Crippen molar-refractivity contribution in [2.75, 3.05) is 27.2 Å². The van der Waals surface area contributed by atoms with E-state index in [0.29, 0.717) is 12.4 Å². The number of para-hydroxylation sites is 1. The van der Waals surface area contributed by atoms with Gasteiger partial charge in [0.1, 0.15) is 11.9 Å². The van der Waals surface area contributed by atoms with Gasteiger partial charge in [0.15, 0.2) is 5.96 Å². The lowest BCUT2D eigenvalue weighted by Gasteiger charge is -2.34. The first-order valence-electron chi connectivity index (χ1n) is 8.94. The smallest absolute Gasteiger partial charge is 0.213 e. The summed E-state index contributed by atoms with van der Waals surface area (Å²) >= 11 is 0. The van der Waals surface area contributed by atoms with Crippen molar-refractivity contribution >= 4 is 5.96 Å².